The van der Waals surface area contributed by atoms with Gasteiger partial charge in [0.1, 0.15) is 0 Å². The van der Waals surface area contributed by atoms with E-state index in [9.17, 15) is 0 Å². The Morgan fingerprint density at radius 2 is 2.08 bits per heavy atom. The van der Waals surface area contributed by atoms with Gasteiger partial charge >= 0.3 is 0 Å². The molecule has 0 atom stereocenters. The number of rotatable bonds is 6. The lowest BCUT2D eigenvalue weighted by Gasteiger charge is -2.34. The predicted octanol–water partition coefficient (Wildman–Crippen LogP) is 3.35. The van der Waals surface area contributed by atoms with E-state index in [4.69, 9.17) is 10.3 Å². The van der Waals surface area contributed by atoms with Crippen LogP contribution in [0, 0.1) is 17.2 Å². The Morgan fingerprint density at radius 1 is 1.35 bits per heavy atom. The summed E-state index contributed by atoms with van der Waals surface area (Å²) in [5.74, 6) is 1.60. The predicted molar refractivity (Wildman–Crippen MR) is 119 cm³/mol. The second-order valence-corrected chi connectivity index (χ2v) is 7.12. The van der Waals surface area contributed by atoms with Crippen molar-refractivity contribution in [2.24, 2.45) is 10.9 Å². The van der Waals surface area contributed by atoms with E-state index in [1.165, 1.54) is 6.54 Å². The lowest BCUT2D eigenvalue weighted by Crippen LogP contribution is -2.49. The van der Waals surface area contributed by atoms with Crippen LogP contribution in [-0.4, -0.2) is 43.1 Å². The summed E-state index contributed by atoms with van der Waals surface area (Å²) in [6.07, 6.45) is 2.31. The van der Waals surface area contributed by atoms with Gasteiger partial charge in [0.05, 0.1) is 18.2 Å². The molecule has 2 N–H and O–H groups in total. The van der Waals surface area contributed by atoms with Gasteiger partial charge in [-0.1, -0.05) is 26.0 Å². The quantitative estimate of drug-likeness (QED) is 0.381. The standard InChI is InChI=1S/C20H31N5.HI/c1-4-22-20(23-14-18-7-5-6-17(12-18)13-21)24-19-8-10-25(11-9-19)15-16(2)3;/h5-7,12,16,19H,4,8-11,14-15H2,1-3H3,(H2,22,23,24);1H. The molecule has 0 radical (unpaired) electrons. The third-order valence-electron chi connectivity index (χ3n) is 4.37. The van der Waals surface area contributed by atoms with E-state index in [0.29, 0.717) is 18.2 Å². The van der Waals surface area contributed by atoms with Crippen molar-refractivity contribution in [1.82, 2.24) is 15.5 Å². The Hall–Kier alpha value is -1.33. The van der Waals surface area contributed by atoms with Crippen LogP contribution in [-0.2, 0) is 6.54 Å². The molecule has 0 amide bonds. The molecule has 0 aromatic heterocycles. The topological polar surface area (TPSA) is 63.5 Å². The zero-order chi connectivity index (χ0) is 18.1. The van der Waals surface area contributed by atoms with Gasteiger partial charge in [-0.25, -0.2) is 4.99 Å². The Morgan fingerprint density at radius 3 is 2.69 bits per heavy atom. The van der Waals surface area contributed by atoms with Crippen molar-refractivity contribution < 1.29 is 0 Å². The van der Waals surface area contributed by atoms with Crippen LogP contribution in [0.4, 0.5) is 0 Å². The molecule has 1 heterocycles. The summed E-state index contributed by atoms with van der Waals surface area (Å²) in [6.45, 7) is 11.6. The number of hydrogen-bond donors (Lipinski definition) is 2. The first-order valence-electron chi connectivity index (χ1n) is 9.37. The number of aliphatic imine (C=N–C) groups is 1. The number of nitrogens with zero attached hydrogens (tertiary/aromatic N) is 3. The number of hydrogen-bond acceptors (Lipinski definition) is 3. The van der Waals surface area contributed by atoms with Gasteiger partial charge in [0.15, 0.2) is 5.96 Å². The van der Waals surface area contributed by atoms with E-state index in [2.05, 4.69) is 42.4 Å². The molecule has 6 heteroatoms. The highest BCUT2D eigenvalue weighted by Crippen LogP contribution is 2.12. The molecule has 0 saturated carbocycles. The average molecular weight is 469 g/mol. The Kier molecular flexibility index (Phi) is 10.6. The number of benzene rings is 1. The summed E-state index contributed by atoms with van der Waals surface area (Å²) in [4.78, 5) is 7.25. The van der Waals surface area contributed by atoms with Gasteiger partial charge in [0.25, 0.3) is 0 Å². The van der Waals surface area contributed by atoms with Crippen LogP contribution in [0.3, 0.4) is 0 Å². The van der Waals surface area contributed by atoms with Crippen LogP contribution in [0.15, 0.2) is 29.3 Å². The highest BCUT2D eigenvalue weighted by molar-refractivity contribution is 14.0. The fourth-order valence-corrected chi connectivity index (χ4v) is 3.20. The molecule has 0 bridgehead atoms. The van der Waals surface area contributed by atoms with Gasteiger partial charge in [0.2, 0.25) is 0 Å². The minimum atomic E-state index is 0. The van der Waals surface area contributed by atoms with Crippen LogP contribution < -0.4 is 10.6 Å². The molecule has 1 fully saturated rings. The molecule has 5 nitrogen and oxygen atoms in total. The summed E-state index contributed by atoms with van der Waals surface area (Å²) < 4.78 is 0. The molecule has 1 aliphatic rings. The van der Waals surface area contributed by atoms with Crippen molar-refractivity contribution >= 4 is 29.9 Å². The third-order valence-corrected chi connectivity index (χ3v) is 4.37. The summed E-state index contributed by atoms with van der Waals surface area (Å²) in [7, 11) is 0. The molecule has 26 heavy (non-hydrogen) atoms. The molecule has 144 valence electrons. The van der Waals surface area contributed by atoms with Gasteiger partial charge in [-0.2, -0.15) is 5.26 Å². The number of nitrogens with one attached hydrogen (secondary N) is 2. The Balaban J connectivity index is 0.00000338. The number of likely N-dealkylation sites (tertiary alicyclic amines) is 1. The SMILES string of the molecule is CCNC(=NCc1cccc(C#N)c1)NC1CCN(CC(C)C)CC1.I. The van der Waals surface area contributed by atoms with Crippen LogP contribution in [0.5, 0.6) is 0 Å². The summed E-state index contributed by atoms with van der Waals surface area (Å²) in [6, 6.07) is 10.3. The molecular weight excluding hydrogens is 437 g/mol. The number of halogens is 1. The zero-order valence-corrected chi connectivity index (χ0v) is 18.5. The minimum absolute atomic E-state index is 0. The molecule has 1 saturated heterocycles. The lowest BCUT2D eigenvalue weighted by atomic mass is 10.0. The maximum atomic E-state index is 9.00. The van der Waals surface area contributed by atoms with Gasteiger partial charge in [-0.3, -0.25) is 0 Å². The van der Waals surface area contributed by atoms with Gasteiger partial charge < -0.3 is 15.5 Å². The average Bonchev–Trinajstić information content (AvgIpc) is 2.61. The van der Waals surface area contributed by atoms with Crippen LogP contribution in [0.1, 0.15) is 44.7 Å². The number of piperidine rings is 1. The molecular formula is C20H32IN5. The Labute approximate surface area is 175 Å². The summed E-state index contributed by atoms with van der Waals surface area (Å²) in [5.41, 5.74) is 1.74. The summed E-state index contributed by atoms with van der Waals surface area (Å²) in [5, 5.41) is 15.9. The smallest absolute Gasteiger partial charge is 0.191 e. The molecule has 0 unspecified atom stereocenters. The molecule has 1 aromatic rings. The van der Waals surface area contributed by atoms with E-state index in [-0.39, 0.29) is 24.0 Å². The fourth-order valence-electron chi connectivity index (χ4n) is 3.20. The van der Waals surface area contributed by atoms with Crippen LogP contribution in [0.2, 0.25) is 0 Å². The first kappa shape index (κ1) is 22.7. The first-order chi connectivity index (χ1) is 12.1. The molecule has 2 rings (SSSR count). The van der Waals surface area contributed by atoms with E-state index in [1.807, 2.05) is 24.3 Å². The van der Waals surface area contributed by atoms with Crippen LogP contribution >= 0.6 is 24.0 Å². The van der Waals surface area contributed by atoms with Crippen molar-refractivity contribution in [3.63, 3.8) is 0 Å². The second-order valence-electron chi connectivity index (χ2n) is 7.12. The zero-order valence-electron chi connectivity index (χ0n) is 16.2. The van der Waals surface area contributed by atoms with E-state index in [1.54, 1.807) is 0 Å². The van der Waals surface area contributed by atoms with Crippen molar-refractivity contribution in [3.8, 4) is 6.07 Å². The van der Waals surface area contributed by atoms with Crippen LogP contribution in [0.25, 0.3) is 0 Å². The third kappa shape index (κ3) is 7.92. The largest absolute Gasteiger partial charge is 0.357 e. The normalized spacial score (nSPS) is 16.0. The maximum Gasteiger partial charge on any atom is 0.191 e. The van der Waals surface area contributed by atoms with E-state index in [0.717, 1.165) is 49.9 Å². The van der Waals surface area contributed by atoms with Gasteiger partial charge in [-0.05, 0) is 43.4 Å². The molecule has 0 aliphatic carbocycles. The van der Waals surface area contributed by atoms with Gasteiger partial charge in [-0.15, -0.1) is 24.0 Å². The lowest BCUT2D eigenvalue weighted by molar-refractivity contribution is 0.187. The maximum absolute atomic E-state index is 9.00. The second kappa shape index (κ2) is 12.1. The summed E-state index contributed by atoms with van der Waals surface area (Å²) >= 11 is 0. The highest BCUT2D eigenvalue weighted by Gasteiger charge is 2.20. The number of guanidine groups is 1. The molecule has 1 aliphatic heterocycles. The number of nitriles is 1. The van der Waals surface area contributed by atoms with Gasteiger partial charge in [0, 0.05) is 32.2 Å². The fraction of sp³-hybridized carbons (Fsp3) is 0.600. The Bertz CT molecular complexity index is 600. The molecule has 0 spiro atoms. The first-order valence-corrected chi connectivity index (χ1v) is 9.37. The van der Waals surface area contributed by atoms with Crippen molar-refractivity contribution in [3.05, 3.63) is 35.4 Å². The van der Waals surface area contributed by atoms with Crippen molar-refractivity contribution in [2.75, 3.05) is 26.2 Å². The monoisotopic (exact) mass is 469 g/mol. The molecule has 1 aromatic carbocycles. The highest BCUT2D eigenvalue weighted by atomic mass is 127. The van der Waals surface area contributed by atoms with E-state index < -0.39 is 0 Å². The van der Waals surface area contributed by atoms with Crippen molar-refractivity contribution in [2.45, 2.75) is 46.2 Å². The minimum Gasteiger partial charge on any atom is -0.357 e. The van der Waals surface area contributed by atoms with E-state index >= 15 is 0 Å². The van der Waals surface area contributed by atoms with Crippen molar-refractivity contribution in [1.29, 1.82) is 5.26 Å².